The summed E-state index contributed by atoms with van der Waals surface area (Å²) in [7, 11) is 0. The first-order chi connectivity index (χ1) is 14.6. The van der Waals surface area contributed by atoms with E-state index in [0.29, 0.717) is 6.04 Å². The summed E-state index contributed by atoms with van der Waals surface area (Å²) >= 11 is 9.50. The van der Waals surface area contributed by atoms with Crippen molar-refractivity contribution < 1.29 is 0 Å². The van der Waals surface area contributed by atoms with Crippen molar-refractivity contribution in [2.24, 2.45) is 0 Å². The summed E-state index contributed by atoms with van der Waals surface area (Å²) in [6.45, 7) is 2.12. The van der Waals surface area contributed by atoms with Crippen molar-refractivity contribution in [2.45, 2.75) is 50.7 Å². The van der Waals surface area contributed by atoms with Gasteiger partial charge in [0.2, 0.25) is 0 Å². The first-order valence-corrected chi connectivity index (χ1v) is 11.8. The first-order valence-electron chi connectivity index (χ1n) is 10.6. The Morgan fingerprint density at radius 3 is 2.67 bits per heavy atom. The standard InChI is InChI=1S/C24H25BrN4S/c1-16-15-18(11-12-19(16)25)29-23(21-10-6-14-28(21)17-7-2-3-8-17)22(27-24(29)30)20-9-4-5-13-26-20/h4-6,9-15,17,22-23H,2-3,7-8H2,1H3,(H,27,30). The smallest absolute Gasteiger partial charge is 0.174 e. The number of aryl methyl sites for hydroxylation is 1. The monoisotopic (exact) mass is 480 g/mol. The Kier molecular flexibility index (Phi) is 5.37. The summed E-state index contributed by atoms with van der Waals surface area (Å²) in [5.74, 6) is 0. The molecule has 0 amide bonds. The molecule has 0 radical (unpaired) electrons. The molecule has 2 aliphatic rings. The van der Waals surface area contributed by atoms with Crippen LogP contribution in [0, 0.1) is 6.92 Å². The van der Waals surface area contributed by atoms with Crippen LogP contribution in [0.25, 0.3) is 0 Å². The number of halogens is 1. The van der Waals surface area contributed by atoms with E-state index in [1.165, 1.54) is 36.9 Å². The van der Waals surface area contributed by atoms with Crippen molar-refractivity contribution in [3.8, 4) is 0 Å². The summed E-state index contributed by atoms with van der Waals surface area (Å²) in [6.07, 6.45) is 9.22. The van der Waals surface area contributed by atoms with E-state index < -0.39 is 0 Å². The van der Waals surface area contributed by atoms with E-state index in [9.17, 15) is 0 Å². The van der Waals surface area contributed by atoms with E-state index >= 15 is 0 Å². The minimum Gasteiger partial charge on any atom is -0.351 e. The molecule has 1 aliphatic carbocycles. The molecule has 2 unspecified atom stereocenters. The Morgan fingerprint density at radius 2 is 1.93 bits per heavy atom. The largest absolute Gasteiger partial charge is 0.351 e. The Bertz CT molecular complexity index is 1060. The third-order valence-corrected chi connectivity index (χ3v) is 7.56. The Balaban J connectivity index is 1.63. The normalized spacial score (nSPS) is 21.9. The Labute approximate surface area is 191 Å². The van der Waals surface area contributed by atoms with Gasteiger partial charge in [0, 0.05) is 34.3 Å². The maximum Gasteiger partial charge on any atom is 0.174 e. The highest BCUT2D eigenvalue weighted by Crippen LogP contribution is 2.44. The topological polar surface area (TPSA) is 33.1 Å². The quantitative estimate of drug-likeness (QED) is 0.447. The zero-order valence-corrected chi connectivity index (χ0v) is 19.4. The number of pyridine rings is 1. The number of benzene rings is 1. The predicted octanol–water partition coefficient (Wildman–Crippen LogP) is 6.25. The number of nitrogens with zero attached hydrogens (tertiary/aromatic N) is 3. The molecule has 6 heteroatoms. The van der Waals surface area contributed by atoms with Crippen LogP contribution in [0.3, 0.4) is 0 Å². The zero-order chi connectivity index (χ0) is 20.7. The number of thiocarbonyl (C=S) groups is 1. The lowest BCUT2D eigenvalue weighted by molar-refractivity contribution is 0.461. The van der Waals surface area contributed by atoms with Gasteiger partial charge in [0.1, 0.15) is 6.04 Å². The Morgan fingerprint density at radius 1 is 1.10 bits per heavy atom. The van der Waals surface area contributed by atoms with Gasteiger partial charge in [0.25, 0.3) is 0 Å². The summed E-state index contributed by atoms with van der Waals surface area (Å²) in [5, 5.41) is 4.33. The van der Waals surface area contributed by atoms with E-state index in [0.717, 1.165) is 21.0 Å². The van der Waals surface area contributed by atoms with Crippen LogP contribution in [0.4, 0.5) is 5.69 Å². The van der Waals surface area contributed by atoms with Crippen LogP contribution in [0.15, 0.2) is 65.4 Å². The van der Waals surface area contributed by atoms with E-state index in [1.807, 2.05) is 18.3 Å². The number of nitrogens with one attached hydrogen (secondary N) is 1. The van der Waals surface area contributed by atoms with Crippen molar-refractivity contribution in [3.63, 3.8) is 0 Å². The van der Waals surface area contributed by atoms with Gasteiger partial charge in [-0.3, -0.25) is 4.98 Å². The van der Waals surface area contributed by atoms with Crippen LogP contribution in [-0.4, -0.2) is 14.7 Å². The van der Waals surface area contributed by atoms with Crippen molar-refractivity contribution in [1.82, 2.24) is 14.9 Å². The van der Waals surface area contributed by atoms with Crippen LogP contribution in [0.1, 0.15) is 60.8 Å². The van der Waals surface area contributed by atoms with Gasteiger partial charge in [-0.2, -0.15) is 0 Å². The van der Waals surface area contributed by atoms with Crippen LogP contribution < -0.4 is 10.2 Å². The van der Waals surface area contributed by atoms with Crippen molar-refractivity contribution >= 4 is 38.9 Å². The van der Waals surface area contributed by atoms with E-state index in [2.05, 4.69) is 85.2 Å². The average molecular weight is 481 g/mol. The summed E-state index contributed by atoms with van der Waals surface area (Å²) < 4.78 is 3.60. The molecule has 0 spiro atoms. The van der Waals surface area contributed by atoms with Crippen LogP contribution in [0.5, 0.6) is 0 Å². The number of rotatable bonds is 4. The van der Waals surface area contributed by atoms with Gasteiger partial charge in [0.05, 0.1) is 11.7 Å². The molecule has 1 saturated heterocycles. The number of aromatic nitrogens is 2. The Hall–Kier alpha value is -2.18. The minimum atomic E-state index is -0.00212. The minimum absolute atomic E-state index is 0.00212. The van der Waals surface area contributed by atoms with Gasteiger partial charge < -0.3 is 14.8 Å². The number of hydrogen-bond donors (Lipinski definition) is 1. The lowest BCUT2D eigenvalue weighted by atomic mass is 10.00. The highest BCUT2D eigenvalue weighted by Gasteiger charge is 2.42. The average Bonchev–Trinajstić information content (AvgIpc) is 3.49. The van der Waals surface area contributed by atoms with Crippen LogP contribution in [0.2, 0.25) is 0 Å². The molecule has 1 aliphatic heterocycles. The highest BCUT2D eigenvalue weighted by molar-refractivity contribution is 9.10. The molecule has 154 valence electrons. The molecular formula is C24H25BrN4S. The van der Waals surface area contributed by atoms with Gasteiger partial charge in [-0.25, -0.2) is 0 Å². The summed E-state index contributed by atoms with van der Waals surface area (Å²) in [4.78, 5) is 6.95. The lowest BCUT2D eigenvalue weighted by Crippen LogP contribution is -2.30. The van der Waals surface area contributed by atoms with Crippen molar-refractivity contribution in [2.75, 3.05) is 4.90 Å². The number of hydrogen-bond acceptors (Lipinski definition) is 2. The lowest BCUT2D eigenvalue weighted by Gasteiger charge is -2.30. The maximum atomic E-state index is 5.87. The summed E-state index contributed by atoms with van der Waals surface area (Å²) in [6, 6.07) is 17.6. The fraction of sp³-hybridized carbons (Fsp3) is 0.333. The van der Waals surface area contributed by atoms with Gasteiger partial charge in [-0.05, 0) is 80.0 Å². The van der Waals surface area contributed by atoms with E-state index in [1.54, 1.807) is 0 Å². The van der Waals surface area contributed by atoms with Gasteiger partial charge in [-0.1, -0.05) is 34.8 Å². The molecule has 2 aromatic heterocycles. The second-order valence-electron chi connectivity index (χ2n) is 8.21. The van der Waals surface area contributed by atoms with E-state index in [4.69, 9.17) is 12.2 Å². The maximum absolute atomic E-state index is 5.87. The molecule has 4 nitrogen and oxygen atoms in total. The molecule has 2 atom stereocenters. The molecule has 3 heterocycles. The number of anilines is 1. The van der Waals surface area contributed by atoms with Gasteiger partial charge in [0.15, 0.2) is 5.11 Å². The molecule has 30 heavy (non-hydrogen) atoms. The fourth-order valence-electron chi connectivity index (χ4n) is 4.88. The van der Waals surface area contributed by atoms with Crippen LogP contribution >= 0.6 is 28.1 Å². The van der Waals surface area contributed by atoms with Gasteiger partial charge >= 0.3 is 0 Å². The molecule has 2 fully saturated rings. The molecule has 1 saturated carbocycles. The molecule has 3 aromatic rings. The van der Waals surface area contributed by atoms with Crippen molar-refractivity contribution in [1.29, 1.82) is 0 Å². The highest BCUT2D eigenvalue weighted by atomic mass is 79.9. The third kappa shape index (κ3) is 3.46. The fourth-order valence-corrected chi connectivity index (χ4v) is 5.48. The third-order valence-electron chi connectivity index (χ3n) is 6.35. The molecule has 5 rings (SSSR count). The molecule has 1 aromatic carbocycles. The van der Waals surface area contributed by atoms with Crippen molar-refractivity contribution in [3.05, 3.63) is 82.3 Å². The predicted molar refractivity (Wildman–Crippen MR) is 129 cm³/mol. The molecule has 1 N–H and O–H groups in total. The van der Waals surface area contributed by atoms with Gasteiger partial charge in [-0.15, -0.1) is 0 Å². The second kappa shape index (κ2) is 8.16. The first kappa shape index (κ1) is 19.8. The molecular weight excluding hydrogens is 456 g/mol. The van der Waals surface area contributed by atoms with Crippen LogP contribution in [-0.2, 0) is 0 Å². The van der Waals surface area contributed by atoms with E-state index in [-0.39, 0.29) is 12.1 Å². The zero-order valence-electron chi connectivity index (χ0n) is 17.0. The second-order valence-corrected chi connectivity index (χ2v) is 9.45. The summed E-state index contributed by atoms with van der Waals surface area (Å²) in [5.41, 5.74) is 4.61. The SMILES string of the molecule is Cc1cc(N2C(=S)NC(c3ccccn3)C2c2cccn2C2CCCC2)ccc1Br. The molecule has 0 bridgehead atoms.